The van der Waals surface area contributed by atoms with E-state index in [1.165, 1.54) is 15.8 Å². The number of aromatic nitrogens is 3. The van der Waals surface area contributed by atoms with Gasteiger partial charge in [-0.3, -0.25) is 4.79 Å². The van der Waals surface area contributed by atoms with Crippen LogP contribution in [0.1, 0.15) is 28.1 Å². The Morgan fingerprint density at radius 1 is 0.824 bits per heavy atom. The lowest BCUT2D eigenvalue weighted by molar-refractivity contribution is 0.829. The Bertz CT molecular complexity index is 1590. The first-order chi connectivity index (χ1) is 16.4. The van der Waals surface area contributed by atoms with E-state index >= 15 is 0 Å². The molecular formula is C29H26N4O. The number of aryl methyl sites for hydroxylation is 3. The van der Waals surface area contributed by atoms with Crippen molar-refractivity contribution in [1.82, 2.24) is 14.2 Å². The van der Waals surface area contributed by atoms with Gasteiger partial charge in [-0.25, -0.2) is 4.98 Å². The molecule has 0 aliphatic heterocycles. The molecule has 0 radical (unpaired) electrons. The molecular weight excluding hydrogens is 420 g/mol. The molecule has 0 saturated carbocycles. The lowest BCUT2D eigenvalue weighted by Crippen LogP contribution is -2.20. The van der Waals surface area contributed by atoms with E-state index < -0.39 is 0 Å². The first-order valence-corrected chi connectivity index (χ1v) is 11.3. The van der Waals surface area contributed by atoms with Gasteiger partial charge in [0, 0.05) is 28.2 Å². The lowest BCUT2D eigenvalue weighted by atomic mass is 10.1. The molecule has 2 heterocycles. The molecule has 168 valence electrons. The van der Waals surface area contributed by atoms with Crippen molar-refractivity contribution in [2.75, 3.05) is 0 Å². The van der Waals surface area contributed by atoms with Crippen LogP contribution in [-0.2, 0) is 0 Å². The lowest BCUT2D eigenvalue weighted by Gasteiger charge is -2.12. The van der Waals surface area contributed by atoms with Crippen molar-refractivity contribution in [2.45, 2.75) is 27.7 Å². The van der Waals surface area contributed by atoms with Gasteiger partial charge in [-0.1, -0.05) is 48.5 Å². The molecule has 0 aliphatic carbocycles. The second kappa shape index (κ2) is 8.60. The number of para-hydroxylation sites is 1. The normalized spacial score (nSPS) is 11.5. The number of benzene rings is 3. The van der Waals surface area contributed by atoms with E-state index in [1.54, 1.807) is 12.3 Å². The van der Waals surface area contributed by atoms with Gasteiger partial charge in [0.15, 0.2) is 5.82 Å². The van der Waals surface area contributed by atoms with E-state index in [4.69, 9.17) is 4.98 Å². The van der Waals surface area contributed by atoms with Crippen LogP contribution in [0.2, 0.25) is 0 Å². The Kier molecular flexibility index (Phi) is 5.46. The molecule has 5 aromatic rings. The van der Waals surface area contributed by atoms with E-state index in [-0.39, 0.29) is 5.56 Å². The van der Waals surface area contributed by atoms with Crippen LogP contribution in [0.25, 0.3) is 28.0 Å². The van der Waals surface area contributed by atoms with Crippen molar-refractivity contribution in [3.8, 4) is 17.1 Å². The average molecular weight is 447 g/mol. The van der Waals surface area contributed by atoms with E-state index in [0.717, 1.165) is 28.2 Å². The Balaban J connectivity index is 1.66. The molecule has 5 nitrogen and oxygen atoms in total. The summed E-state index contributed by atoms with van der Waals surface area (Å²) in [6.45, 7) is 8.38. The largest absolute Gasteiger partial charge is 0.318 e. The maximum atomic E-state index is 13.4. The topological polar surface area (TPSA) is 52.2 Å². The summed E-state index contributed by atoms with van der Waals surface area (Å²) < 4.78 is 3.63. The van der Waals surface area contributed by atoms with Gasteiger partial charge in [0.1, 0.15) is 0 Å². The third-order valence-electron chi connectivity index (χ3n) is 6.03. The maximum absolute atomic E-state index is 13.4. The highest BCUT2D eigenvalue weighted by Crippen LogP contribution is 2.23. The predicted octanol–water partition coefficient (Wildman–Crippen LogP) is 5.97. The van der Waals surface area contributed by atoms with Crippen LogP contribution in [0.4, 0.5) is 0 Å². The summed E-state index contributed by atoms with van der Waals surface area (Å²) in [5.41, 5.74) is 8.00. The van der Waals surface area contributed by atoms with Gasteiger partial charge >= 0.3 is 0 Å². The fourth-order valence-corrected chi connectivity index (χ4v) is 4.52. The number of rotatable bonds is 4. The SMILES string of the molecule is Cc1cc(C)cc(-n2c(C)cc(C=Nn3c(-c4ccccc4)nc4ccccc4c3=O)c2C)c1. The predicted molar refractivity (Wildman–Crippen MR) is 139 cm³/mol. The molecule has 34 heavy (non-hydrogen) atoms. The second-order valence-corrected chi connectivity index (χ2v) is 8.69. The highest BCUT2D eigenvalue weighted by Gasteiger charge is 2.14. The number of hydrogen-bond donors (Lipinski definition) is 0. The van der Waals surface area contributed by atoms with Crippen LogP contribution >= 0.6 is 0 Å². The summed E-state index contributed by atoms with van der Waals surface area (Å²) in [5.74, 6) is 0.517. The summed E-state index contributed by atoms with van der Waals surface area (Å²) in [7, 11) is 0. The van der Waals surface area contributed by atoms with Crippen molar-refractivity contribution >= 4 is 17.1 Å². The zero-order valence-corrected chi connectivity index (χ0v) is 19.8. The molecule has 0 saturated heterocycles. The molecule has 0 unspecified atom stereocenters. The summed E-state index contributed by atoms with van der Waals surface area (Å²) in [6.07, 6.45) is 1.76. The van der Waals surface area contributed by atoms with Crippen LogP contribution in [0, 0.1) is 27.7 Å². The third-order valence-corrected chi connectivity index (χ3v) is 6.03. The fourth-order valence-electron chi connectivity index (χ4n) is 4.52. The molecule has 0 aliphatic rings. The number of nitrogens with zero attached hydrogens (tertiary/aromatic N) is 4. The molecule has 3 aromatic carbocycles. The Morgan fingerprint density at radius 2 is 1.50 bits per heavy atom. The van der Waals surface area contributed by atoms with Crippen molar-refractivity contribution in [3.63, 3.8) is 0 Å². The molecule has 5 rings (SSSR count). The van der Waals surface area contributed by atoms with E-state index in [0.29, 0.717) is 16.7 Å². The summed E-state index contributed by atoms with van der Waals surface area (Å²) >= 11 is 0. The van der Waals surface area contributed by atoms with Crippen LogP contribution in [-0.4, -0.2) is 20.4 Å². The minimum absolute atomic E-state index is 0.191. The average Bonchev–Trinajstić information content (AvgIpc) is 3.11. The Hall–Kier alpha value is -4.25. The maximum Gasteiger partial charge on any atom is 0.282 e. The minimum atomic E-state index is -0.191. The number of hydrogen-bond acceptors (Lipinski definition) is 3. The molecule has 0 fully saturated rings. The quantitative estimate of drug-likeness (QED) is 0.319. The van der Waals surface area contributed by atoms with Crippen LogP contribution < -0.4 is 5.56 Å². The van der Waals surface area contributed by atoms with Gasteiger partial charge in [0.05, 0.1) is 17.1 Å². The zero-order chi connectivity index (χ0) is 23.8. The fraction of sp³-hybridized carbons (Fsp3) is 0.138. The van der Waals surface area contributed by atoms with Crippen LogP contribution in [0.5, 0.6) is 0 Å². The second-order valence-electron chi connectivity index (χ2n) is 8.69. The van der Waals surface area contributed by atoms with Gasteiger partial charge in [-0.15, -0.1) is 0 Å². The first kappa shape index (κ1) is 21.6. The minimum Gasteiger partial charge on any atom is -0.318 e. The first-order valence-electron chi connectivity index (χ1n) is 11.3. The smallest absolute Gasteiger partial charge is 0.282 e. The third kappa shape index (κ3) is 3.86. The van der Waals surface area contributed by atoms with E-state index in [2.05, 4.69) is 61.6 Å². The van der Waals surface area contributed by atoms with Gasteiger partial charge < -0.3 is 4.57 Å². The number of fused-ring (bicyclic) bond motifs is 1. The molecule has 0 N–H and O–H groups in total. The van der Waals surface area contributed by atoms with Crippen LogP contribution in [0.15, 0.2) is 88.8 Å². The Labute approximate surface area is 198 Å². The zero-order valence-electron chi connectivity index (χ0n) is 19.8. The Morgan fingerprint density at radius 3 is 2.24 bits per heavy atom. The highest BCUT2D eigenvalue weighted by molar-refractivity contribution is 5.83. The molecule has 5 heteroatoms. The van der Waals surface area contributed by atoms with Crippen molar-refractivity contribution in [3.05, 3.63) is 117 Å². The van der Waals surface area contributed by atoms with Gasteiger partial charge in [0.2, 0.25) is 0 Å². The molecule has 0 spiro atoms. The standard InChI is InChI=1S/C29H26N4O/c1-19-14-20(2)16-25(15-19)32-21(3)17-24(22(32)4)18-30-33-28(23-10-6-5-7-11-23)31-27-13-9-8-12-26(27)29(33)34/h5-18H,1-4H3. The van der Waals surface area contributed by atoms with Gasteiger partial charge in [-0.05, 0) is 69.2 Å². The highest BCUT2D eigenvalue weighted by atomic mass is 16.1. The summed E-state index contributed by atoms with van der Waals surface area (Å²) in [6, 6.07) is 25.7. The molecule has 0 atom stereocenters. The van der Waals surface area contributed by atoms with Gasteiger partial charge in [-0.2, -0.15) is 9.78 Å². The summed E-state index contributed by atoms with van der Waals surface area (Å²) in [5, 5.41) is 5.19. The van der Waals surface area contributed by atoms with E-state index in [9.17, 15) is 4.79 Å². The monoisotopic (exact) mass is 446 g/mol. The van der Waals surface area contributed by atoms with Crippen molar-refractivity contribution in [1.29, 1.82) is 0 Å². The van der Waals surface area contributed by atoms with Crippen LogP contribution in [0.3, 0.4) is 0 Å². The van der Waals surface area contributed by atoms with Crippen molar-refractivity contribution in [2.24, 2.45) is 5.10 Å². The van der Waals surface area contributed by atoms with E-state index in [1.807, 2.05) is 48.5 Å². The molecule has 0 bridgehead atoms. The summed E-state index contributed by atoms with van der Waals surface area (Å²) in [4.78, 5) is 18.2. The molecule has 0 amide bonds. The van der Waals surface area contributed by atoms with Crippen molar-refractivity contribution < 1.29 is 0 Å². The molecule has 2 aromatic heterocycles. The van der Waals surface area contributed by atoms with Gasteiger partial charge in [0.25, 0.3) is 5.56 Å².